The number of ether oxygens (including phenoxy) is 1. The minimum absolute atomic E-state index is 0.0173. The van der Waals surface area contributed by atoms with Crippen LogP contribution in [-0.4, -0.2) is 30.9 Å². The van der Waals surface area contributed by atoms with Crippen molar-refractivity contribution in [2.45, 2.75) is 6.36 Å². The fourth-order valence-electron chi connectivity index (χ4n) is 3.33. The predicted octanol–water partition coefficient (Wildman–Crippen LogP) is 5.10. The van der Waals surface area contributed by atoms with Gasteiger partial charge in [0.25, 0.3) is 5.56 Å². The van der Waals surface area contributed by atoms with Crippen molar-refractivity contribution < 1.29 is 17.9 Å². The second kappa shape index (κ2) is 8.37. The third-order valence-corrected chi connectivity index (χ3v) is 5.38. The topological polar surface area (TPSA) is 94.3 Å². The van der Waals surface area contributed by atoms with E-state index in [0.717, 1.165) is 0 Å². The summed E-state index contributed by atoms with van der Waals surface area (Å²) in [5, 5.41) is 7.89. The fourth-order valence-corrected chi connectivity index (χ4v) is 3.78. The number of hydrogen-bond donors (Lipinski definition) is 1. The van der Waals surface area contributed by atoms with Gasteiger partial charge in [0.15, 0.2) is 11.5 Å². The summed E-state index contributed by atoms with van der Waals surface area (Å²) < 4.78 is 45.0. The van der Waals surface area contributed by atoms with Crippen LogP contribution >= 0.6 is 15.9 Å². The monoisotopic (exact) mass is 528 g/mol. The molecule has 12 heteroatoms. The van der Waals surface area contributed by atoms with Crippen LogP contribution in [0.1, 0.15) is 0 Å². The molecule has 0 fully saturated rings. The summed E-state index contributed by atoms with van der Waals surface area (Å²) in [5.74, 6) is -0.344. The zero-order chi connectivity index (χ0) is 23.9. The number of nitrogens with zero attached hydrogens (tertiary/aromatic N) is 5. The maximum Gasteiger partial charge on any atom is 0.573 e. The Morgan fingerprint density at radius 1 is 0.971 bits per heavy atom. The van der Waals surface area contributed by atoms with E-state index in [1.165, 1.54) is 35.0 Å². The number of nitrogens with one attached hydrogen (secondary N) is 1. The lowest BCUT2D eigenvalue weighted by molar-refractivity contribution is -0.274. The van der Waals surface area contributed by atoms with Crippen molar-refractivity contribution in [1.82, 2.24) is 24.6 Å². The molecule has 0 aliphatic carbocycles. The lowest BCUT2D eigenvalue weighted by Gasteiger charge is -2.11. The molecule has 1 N–H and O–H groups in total. The second-order valence-corrected chi connectivity index (χ2v) is 7.81. The van der Waals surface area contributed by atoms with Gasteiger partial charge in [0.1, 0.15) is 11.4 Å². The molecule has 0 spiro atoms. The van der Waals surface area contributed by atoms with E-state index in [9.17, 15) is 18.0 Å². The highest BCUT2D eigenvalue weighted by Gasteiger charge is 2.32. The molecule has 0 bridgehead atoms. The first-order valence-electron chi connectivity index (χ1n) is 9.73. The summed E-state index contributed by atoms with van der Waals surface area (Å²) in [6.45, 7) is 0. The zero-order valence-electron chi connectivity index (χ0n) is 16.9. The molecule has 3 heterocycles. The van der Waals surface area contributed by atoms with Gasteiger partial charge in [-0.2, -0.15) is 4.52 Å². The third kappa shape index (κ3) is 4.15. The Labute approximate surface area is 197 Å². The Morgan fingerprint density at radius 2 is 1.76 bits per heavy atom. The SMILES string of the molecule is O=c1nccccc1Nc1nc2c(Br)cccc2c2nc(-c3ccccc3OC(F)(F)F)nn12. The number of para-hydroxylation sites is 2. The highest BCUT2D eigenvalue weighted by atomic mass is 79.9. The van der Waals surface area contributed by atoms with E-state index in [2.05, 4.69) is 46.0 Å². The summed E-state index contributed by atoms with van der Waals surface area (Å²) in [6.07, 6.45) is -3.53. The molecule has 5 rings (SSSR count). The molecule has 3 aromatic heterocycles. The van der Waals surface area contributed by atoms with E-state index >= 15 is 0 Å². The van der Waals surface area contributed by atoms with Gasteiger partial charge in [-0.1, -0.05) is 24.3 Å². The summed E-state index contributed by atoms with van der Waals surface area (Å²) in [7, 11) is 0. The van der Waals surface area contributed by atoms with Crippen LogP contribution in [0.3, 0.4) is 0 Å². The van der Waals surface area contributed by atoms with Crippen LogP contribution in [0.25, 0.3) is 27.9 Å². The Bertz CT molecular complexity index is 1610. The average Bonchev–Trinajstić information content (AvgIpc) is 3.14. The first-order valence-corrected chi connectivity index (χ1v) is 10.5. The summed E-state index contributed by atoms with van der Waals surface area (Å²) in [6, 6.07) is 15.6. The van der Waals surface area contributed by atoms with Crippen LogP contribution in [0.15, 0.2) is 76.1 Å². The highest BCUT2D eigenvalue weighted by Crippen LogP contribution is 2.34. The number of aromatic nitrogens is 5. The number of fused-ring (bicyclic) bond motifs is 3. The molecule has 0 atom stereocenters. The van der Waals surface area contributed by atoms with Crippen LogP contribution in [0.5, 0.6) is 5.75 Å². The van der Waals surface area contributed by atoms with Crippen molar-refractivity contribution in [1.29, 1.82) is 0 Å². The van der Waals surface area contributed by atoms with Gasteiger partial charge in [-0.3, -0.25) is 4.79 Å². The van der Waals surface area contributed by atoms with Crippen LogP contribution in [0, 0.1) is 0 Å². The summed E-state index contributed by atoms with van der Waals surface area (Å²) >= 11 is 3.45. The Balaban J connectivity index is 1.76. The molecular formula is C22H12BrF3N6O2. The van der Waals surface area contributed by atoms with Gasteiger partial charge in [0.2, 0.25) is 5.95 Å². The largest absolute Gasteiger partial charge is 0.573 e. The van der Waals surface area contributed by atoms with Gasteiger partial charge in [-0.25, -0.2) is 15.0 Å². The van der Waals surface area contributed by atoms with E-state index in [1.54, 1.807) is 36.4 Å². The number of benzene rings is 2. The number of hydrogen-bond acceptors (Lipinski definition) is 7. The van der Waals surface area contributed by atoms with Crippen molar-refractivity contribution in [2.75, 3.05) is 5.32 Å². The quantitative estimate of drug-likeness (QED) is 0.346. The van der Waals surface area contributed by atoms with Crippen molar-refractivity contribution in [3.05, 3.63) is 81.7 Å². The van der Waals surface area contributed by atoms with E-state index in [-0.39, 0.29) is 23.0 Å². The first kappa shape index (κ1) is 21.8. The van der Waals surface area contributed by atoms with Crippen molar-refractivity contribution in [3.8, 4) is 17.1 Å². The minimum atomic E-state index is -4.89. The van der Waals surface area contributed by atoms with E-state index in [4.69, 9.17) is 0 Å². The van der Waals surface area contributed by atoms with Gasteiger partial charge < -0.3 is 10.1 Å². The van der Waals surface area contributed by atoms with Gasteiger partial charge >= 0.3 is 6.36 Å². The molecule has 34 heavy (non-hydrogen) atoms. The molecule has 8 nitrogen and oxygen atoms in total. The predicted molar refractivity (Wildman–Crippen MR) is 122 cm³/mol. The van der Waals surface area contributed by atoms with Crippen LogP contribution in [0.2, 0.25) is 0 Å². The van der Waals surface area contributed by atoms with Gasteiger partial charge in [-0.15, -0.1) is 18.3 Å². The molecule has 0 saturated heterocycles. The standard InChI is InChI=1S/C22H12BrF3N6O2/c23-14-8-5-7-13-17(14)29-21(28-15-9-3-4-11-27-20(15)33)32-19(13)30-18(31-32)12-6-1-2-10-16(12)34-22(24,25)26/h1-11H,(H,27,28,29,33). The smallest absolute Gasteiger partial charge is 0.405 e. The second-order valence-electron chi connectivity index (χ2n) is 6.96. The van der Waals surface area contributed by atoms with Crippen LogP contribution < -0.4 is 15.6 Å². The fraction of sp³-hybridized carbons (Fsp3) is 0.0455. The van der Waals surface area contributed by atoms with Crippen molar-refractivity contribution in [2.24, 2.45) is 0 Å². The van der Waals surface area contributed by atoms with Crippen LogP contribution in [0.4, 0.5) is 24.8 Å². The molecule has 0 saturated carbocycles. The molecule has 0 unspecified atom stereocenters. The third-order valence-electron chi connectivity index (χ3n) is 4.74. The first-order chi connectivity index (χ1) is 16.3. The number of halogens is 4. The van der Waals surface area contributed by atoms with Crippen LogP contribution in [-0.2, 0) is 0 Å². The maximum absolute atomic E-state index is 12.9. The number of alkyl halides is 3. The van der Waals surface area contributed by atoms with Gasteiger partial charge in [-0.05, 0) is 52.3 Å². The number of rotatable bonds is 4. The molecule has 5 aromatic rings. The van der Waals surface area contributed by atoms with Gasteiger partial charge in [0, 0.05) is 16.1 Å². The molecular weight excluding hydrogens is 517 g/mol. The molecule has 170 valence electrons. The molecule has 2 aromatic carbocycles. The normalized spacial score (nSPS) is 11.6. The Morgan fingerprint density at radius 3 is 2.59 bits per heavy atom. The van der Waals surface area contributed by atoms with E-state index < -0.39 is 17.7 Å². The van der Waals surface area contributed by atoms with E-state index in [1.807, 2.05) is 0 Å². The van der Waals surface area contributed by atoms with E-state index in [0.29, 0.717) is 21.0 Å². The summed E-state index contributed by atoms with van der Waals surface area (Å²) in [4.78, 5) is 25.2. The average molecular weight is 529 g/mol. The van der Waals surface area contributed by atoms with Gasteiger partial charge in [0.05, 0.1) is 11.1 Å². The highest BCUT2D eigenvalue weighted by molar-refractivity contribution is 9.10. The maximum atomic E-state index is 12.9. The minimum Gasteiger partial charge on any atom is -0.405 e. The zero-order valence-corrected chi connectivity index (χ0v) is 18.5. The van der Waals surface area contributed by atoms with Crippen molar-refractivity contribution >= 4 is 44.1 Å². The molecule has 0 amide bonds. The Hall–Kier alpha value is -4.06. The van der Waals surface area contributed by atoms with Crippen molar-refractivity contribution in [3.63, 3.8) is 0 Å². The molecule has 0 aliphatic rings. The molecule has 0 radical (unpaired) electrons. The Kier molecular flexibility index (Phi) is 5.36. The molecule has 0 aliphatic heterocycles. The number of anilines is 2. The lowest BCUT2D eigenvalue weighted by atomic mass is 10.2. The lowest BCUT2D eigenvalue weighted by Crippen LogP contribution is -2.17. The summed E-state index contributed by atoms with van der Waals surface area (Å²) in [5.41, 5.74) is 0.456.